The van der Waals surface area contributed by atoms with Gasteiger partial charge in [-0.15, -0.1) is 0 Å². The third kappa shape index (κ3) is 13.7. The molecular weight excluding hydrogens is 1250 g/mol. The molecule has 0 amide bonds. The lowest BCUT2D eigenvalue weighted by molar-refractivity contribution is 0.590. The van der Waals surface area contributed by atoms with Crippen LogP contribution in [0.5, 0.6) is 0 Å². The standard InChI is InChI=1S/C54H43N.C48H39N/c1-54(2,3)46-16-8-15-45(37-46)40-27-33-48(34-28-40)55(49-35-29-44(30-36-49)53-20-10-14-42-12-5-7-18-51(42)53)47-31-25-39(26-32-47)38-21-23-43(24-22-38)52-19-9-13-41-11-4-6-17-50(41)52;1-48(2,3)40-16-8-15-39(33-40)34-21-27-41(28-22-34)49(42-29-23-37(24-30-42)46-19-9-13-35-11-4-6-17-44(35)46)43-31-25-38(26-32-43)47-20-10-14-36-12-5-7-18-45(36)47/h4-37H,1-3H3;4-33H,1-3H3. The van der Waals surface area contributed by atoms with Crippen LogP contribution >= 0.6 is 0 Å². The summed E-state index contributed by atoms with van der Waals surface area (Å²) in [5.41, 5.74) is 26.7. The molecule has 0 saturated heterocycles. The Bertz CT molecular complexity index is 5730. The number of rotatable bonds is 13. The molecule has 0 aliphatic rings. The van der Waals surface area contributed by atoms with Gasteiger partial charge in [0.15, 0.2) is 0 Å². The van der Waals surface area contributed by atoms with Gasteiger partial charge in [-0.2, -0.15) is 0 Å². The summed E-state index contributed by atoms with van der Waals surface area (Å²) in [7, 11) is 0. The summed E-state index contributed by atoms with van der Waals surface area (Å²) in [4.78, 5) is 4.71. The van der Waals surface area contributed by atoms with Crippen molar-refractivity contribution < 1.29 is 0 Å². The second-order valence-corrected chi connectivity index (χ2v) is 29.3. The average Bonchev–Trinajstić information content (AvgIpc) is 0.790. The highest BCUT2D eigenvalue weighted by atomic mass is 15.1. The summed E-state index contributed by atoms with van der Waals surface area (Å²) >= 11 is 0. The number of nitrogens with zero attached hydrogens (tertiary/aromatic N) is 2. The van der Waals surface area contributed by atoms with Crippen LogP contribution in [0.25, 0.3) is 121 Å². The average molecular weight is 1340 g/mol. The molecule has 0 aliphatic carbocycles. The number of hydrogen-bond donors (Lipinski definition) is 0. The highest BCUT2D eigenvalue weighted by molar-refractivity contribution is 6.01. The van der Waals surface area contributed by atoms with Gasteiger partial charge in [0.2, 0.25) is 0 Å². The molecule has 0 N–H and O–H groups in total. The van der Waals surface area contributed by atoms with Gasteiger partial charge < -0.3 is 9.80 Å². The van der Waals surface area contributed by atoms with Crippen molar-refractivity contribution in [2.45, 2.75) is 52.4 Å². The maximum absolute atomic E-state index is 2.36. The molecule has 0 atom stereocenters. The van der Waals surface area contributed by atoms with Gasteiger partial charge in [-0.25, -0.2) is 0 Å². The smallest absolute Gasteiger partial charge is 0.0462 e. The van der Waals surface area contributed by atoms with Gasteiger partial charge in [-0.1, -0.05) is 357 Å². The second kappa shape index (κ2) is 28.4. The Labute approximate surface area is 612 Å². The largest absolute Gasteiger partial charge is 0.311 e. The number of benzene rings is 17. The summed E-state index contributed by atoms with van der Waals surface area (Å²) in [6, 6.07) is 141. The molecule has 0 aromatic heterocycles. The van der Waals surface area contributed by atoms with Crippen molar-refractivity contribution in [3.8, 4) is 77.9 Å². The van der Waals surface area contributed by atoms with E-state index in [1.165, 1.54) is 132 Å². The lowest BCUT2D eigenvalue weighted by atomic mass is 9.85. The van der Waals surface area contributed by atoms with Crippen molar-refractivity contribution in [1.29, 1.82) is 0 Å². The van der Waals surface area contributed by atoms with Gasteiger partial charge in [0.1, 0.15) is 0 Å². The molecule has 0 saturated carbocycles. The van der Waals surface area contributed by atoms with Crippen LogP contribution in [-0.2, 0) is 10.8 Å². The van der Waals surface area contributed by atoms with Crippen LogP contribution in [-0.4, -0.2) is 0 Å². The Balaban J connectivity index is 0.000000161. The van der Waals surface area contributed by atoms with E-state index in [2.05, 4.69) is 440 Å². The molecule has 2 nitrogen and oxygen atoms in total. The van der Waals surface area contributed by atoms with Crippen molar-refractivity contribution in [2.75, 3.05) is 9.80 Å². The fourth-order valence-electron chi connectivity index (χ4n) is 14.8. The van der Waals surface area contributed by atoms with Gasteiger partial charge in [0, 0.05) is 34.1 Å². The summed E-state index contributed by atoms with van der Waals surface area (Å²) in [6.45, 7) is 13.6. The third-order valence-corrected chi connectivity index (χ3v) is 20.5. The molecule has 0 heterocycles. The molecule has 0 aliphatic heterocycles. The molecule has 500 valence electrons. The van der Waals surface area contributed by atoms with Gasteiger partial charge in [0.05, 0.1) is 0 Å². The molecule has 0 fully saturated rings. The first-order valence-electron chi connectivity index (χ1n) is 36.3. The fourth-order valence-corrected chi connectivity index (χ4v) is 14.8. The summed E-state index contributed by atoms with van der Waals surface area (Å²) in [5, 5.41) is 10.1. The number of anilines is 6. The monoisotopic (exact) mass is 1330 g/mol. The van der Waals surface area contributed by atoms with Crippen LogP contribution in [0.3, 0.4) is 0 Å². The molecule has 17 aromatic carbocycles. The predicted octanol–water partition coefficient (Wildman–Crippen LogP) is 29.2. The van der Waals surface area contributed by atoms with E-state index in [4.69, 9.17) is 0 Å². The van der Waals surface area contributed by atoms with Crippen molar-refractivity contribution in [3.05, 3.63) is 399 Å². The van der Waals surface area contributed by atoms with Gasteiger partial charge in [-0.3, -0.25) is 0 Å². The Morgan fingerprint density at radius 1 is 0.163 bits per heavy atom. The van der Waals surface area contributed by atoms with Crippen molar-refractivity contribution in [2.24, 2.45) is 0 Å². The van der Waals surface area contributed by atoms with Crippen LogP contribution < -0.4 is 9.80 Å². The fraction of sp³-hybridized carbons (Fsp3) is 0.0784. The number of hydrogen-bond acceptors (Lipinski definition) is 2. The Morgan fingerprint density at radius 3 is 0.606 bits per heavy atom. The molecule has 2 heteroatoms. The van der Waals surface area contributed by atoms with E-state index in [1.54, 1.807) is 0 Å². The minimum Gasteiger partial charge on any atom is -0.311 e. The molecule has 17 aromatic rings. The molecule has 0 spiro atoms. The number of fused-ring (bicyclic) bond motifs is 4. The maximum Gasteiger partial charge on any atom is 0.0462 e. The molecule has 104 heavy (non-hydrogen) atoms. The Hall–Kier alpha value is -12.6. The van der Waals surface area contributed by atoms with Crippen LogP contribution in [0.15, 0.2) is 388 Å². The lowest BCUT2D eigenvalue weighted by Gasteiger charge is -2.26. The first-order valence-corrected chi connectivity index (χ1v) is 36.3. The Kier molecular flexibility index (Phi) is 18.0. The van der Waals surface area contributed by atoms with Gasteiger partial charge >= 0.3 is 0 Å². The third-order valence-electron chi connectivity index (χ3n) is 20.5. The Morgan fingerprint density at radius 2 is 0.356 bits per heavy atom. The zero-order chi connectivity index (χ0) is 70.7. The quantitative estimate of drug-likeness (QED) is 0.114. The van der Waals surface area contributed by atoms with Crippen LogP contribution in [0.1, 0.15) is 52.7 Å². The second-order valence-electron chi connectivity index (χ2n) is 29.3. The van der Waals surface area contributed by atoms with E-state index in [1.807, 2.05) is 0 Å². The van der Waals surface area contributed by atoms with Gasteiger partial charge in [0.25, 0.3) is 0 Å². The topological polar surface area (TPSA) is 6.48 Å². The maximum atomic E-state index is 2.36. The lowest BCUT2D eigenvalue weighted by Crippen LogP contribution is -2.11. The predicted molar refractivity (Wildman–Crippen MR) is 448 cm³/mol. The normalized spacial score (nSPS) is 11.6. The molecule has 0 radical (unpaired) electrons. The first kappa shape index (κ1) is 66.0. The highest BCUT2D eigenvalue weighted by Gasteiger charge is 2.20. The van der Waals surface area contributed by atoms with Crippen LogP contribution in [0.4, 0.5) is 34.1 Å². The minimum absolute atomic E-state index is 0.0932. The van der Waals surface area contributed by atoms with Crippen molar-refractivity contribution in [1.82, 2.24) is 0 Å². The molecule has 0 unspecified atom stereocenters. The van der Waals surface area contributed by atoms with Crippen molar-refractivity contribution in [3.63, 3.8) is 0 Å². The minimum atomic E-state index is 0.0932. The first-order chi connectivity index (χ1) is 50.8. The zero-order valence-electron chi connectivity index (χ0n) is 59.8. The van der Waals surface area contributed by atoms with E-state index in [9.17, 15) is 0 Å². The summed E-state index contributed by atoms with van der Waals surface area (Å²) in [6.07, 6.45) is 0. The summed E-state index contributed by atoms with van der Waals surface area (Å²) < 4.78 is 0. The van der Waals surface area contributed by atoms with Crippen molar-refractivity contribution >= 4 is 77.2 Å². The SMILES string of the molecule is CC(C)(C)c1cccc(-c2ccc(N(c3ccc(-c4ccc(-c5cccc6ccccc56)cc4)cc3)c3ccc(-c4cccc5ccccc45)cc3)cc2)c1.CC(C)(C)c1cccc(-c2ccc(N(c3ccc(-c4cccc5ccccc45)cc3)c3ccc(-c4cccc5ccccc45)cc3)cc2)c1. The van der Waals surface area contributed by atoms with Crippen LogP contribution in [0, 0.1) is 0 Å². The van der Waals surface area contributed by atoms with E-state index in [0.29, 0.717) is 0 Å². The molecule has 0 bridgehead atoms. The van der Waals surface area contributed by atoms with E-state index < -0.39 is 0 Å². The zero-order valence-corrected chi connectivity index (χ0v) is 59.8. The van der Waals surface area contributed by atoms with Gasteiger partial charge in [-0.05, 0) is 216 Å². The van der Waals surface area contributed by atoms with Crippen LogP contribution in [0.2, 0.25) is 0 Å². The summed E-state index contributed by atoms with van der Waals surface area (Å²) in [5.74, 6) is 0. The van der Waals surface area contributed by atoms with E-state index in [0.717, 1.165) is 34.1 Å². The van der Waals surface area contributed by atoms with E-state index >= 15 is 0 Å². The highest BCUT2D eigenvalue weighted by Crippen LogP contribution is 2.43. The molecule has 17 rings (SSSR count). The van der Waals surface area contributed by atoms with E-state index in [-0.39, 0.29) is 10.8 Å². The molecular formula is C102H82N2.